The van der Waals surface area contributed by atoms with Crippen LogP contribution in [0.2, 0.25) is 0 Å². The number of carbonyl (C=O) groups excluding carboxylic acids is 1. The molecule has 92 valence electrons. The van der Waals surface area contributed by atoms with E-state index < -0.39 is 28.8 Å². The van der Waals surface area contributed by atoms with Crippen LogP contribution in [0.4, 0.5) is 13.2 Å². The second-order valence-corrected chi connectivity index (χ2v) is 4.50. The van der Waals surface area contributed by atoms with Gasteiger partial charge in [0.25, 0.3) is 0 Å². The Bertz CT molecular complexity index is 585. The zero-order valence-corrected chi connectivity index (χ0v) is 10.5. The quantitative estimate of drug-likeness (QED) is 0.763. The first kappa shape index (κ1) is 12.8. The van der Waals surface area contributed by atoms with Crippen LogP contribution in [0.3, 0.4) is 0 Å². The molecule has 0 aromatic heterocycles. The van der Waals surface area contributed by atoms with Crippen molar-refractivity contribution < 1.29 is 18.0 Å². The SMILES string of the molecule is O=C(c1cc(F)cc(Br)c1)c1c(F)cccc1F. The van der Waals surface area contributed by atoms with Gasteiger partial charge in [-0.15, -0.1) is 0 Å². The third kappa shape index (κ3) is 2.46. The molecule has 2 aromatic rings. The summed E-state index contributed by atoms with van der Waals surface area (Å²) in [4.78, 5) is 11.9. The standard InChI is InChI=1S/C13H6BrF3O/c14-8-4-7(5-9(15)6-8)13(18)12-10(16)2-1-3-11(12)17/h1-6H. The lowest BCUT2D eigenvalue weighted by Gasteiger charge is -2.05. The predicted molar refractivity (Wildman–Crippen MR) is 63.9 cm³/mol. The first-order valence-electron chi connectivity index (χ1n) is 4.94. The van der Waals surface area contributed by atoms with Crippen molar-refractivity contribution in [2.24, 2.45) is 0 Å². The fourth-order valence-electron chi connectivity index (χ4n) is 1.54. The maximum absolute atomic E-state index is 13.4. The van der Waals surface area contributed by atoms with Crippen LogP contribution >= 0.6 is 15.9 Å². The van der Waals surface area contributed by atoms with Crippen LogP contribution in [0.15, 0.2) is 40.9 Å². The zero-order valence-electron chi connectivity index (χ0n) is 8.88. The van der Waals surface area contributed by atoms with E-state index in [1.807, 2.05) is 0 Å². The number of rotatable bonds is 2. The lowest BCUT2D eigenvalue weighted by molar-refractivity contribution is 0.103. The van der Waals surface area contributed by atoms with Crippen LogP contribution in [-0.2, 0) is 0 Å². The topological polar surface area (TPSA) is 17.1 Å². The van der Waals surface area contributed by atoms with Gasteiger partial charge in [-0.1, -0.05) is 22.0 Å². The van der Waals surface area contributed by atoms with Crippen molar-refractivity contribution in [1.82, 2.24) is 0 Å². The third-order valence-electron chi connectivity index (χ3n) is 2.31. The molecular formula is C13H6BrF3O. The third-order valence-corrected chi connectivity index (χ3v) is 2.77. The van der Waals surface area contributed by atoms with Crippen molar-refractivity contribution in [3.05, 3.63) is 69.4 Å². The van der Waals surface area contributed by atoms with Gasteiger partial charge >= 0.3 is 0 Å². The molecule has 0 fully saturated rings. The summed E-state index contributed by atoms with van der Waals surface area (Å²) in [7, 11) is 0. The highest BCUT2D eigenvalue weighted by molar-refractivity contribution is 9.10. The maximum atomic E-state index is 13.4. The molecule has 0 aliphatic rings. The first-order valence-corrected chi connectivity index (χ1v) is 5.73. The molecule has 0 radical (unpaired) electrons. The largest absolute Gasteiger partial charge is 0.288 e. The Balaban J connectivity index is 2.55. The van der Waals surface area contributed by atoms with Crippen LogP contribution < -0.4 is 0 Å². The summed E-state index contributed by atoms with van der Waals surface area (Å²) in [5, 5.41) is 0. The molecule has 1 nitrogen and oxygen atoms in total. The van der Waals surface area contributed by atoms with Gasteiger partial charge < -0.3 is 0 Å². The van der Waals surface area contributed by atoms with Crippen LogP contribution in [0.1, 0.15) is 15.9 Å². The molecule has 0 N–H and O–H groups in total. The minimum Gasteiger partial charge on any atom is -0.288 e. The molecule has 0 unspecified atom stereocenters. The molecule has 0 saturated heterocycles. The van der Waals surface area contributed by atoms with E-state index in [1.54, 1.807) is 0 Å². The summed E-state index contributed by atoms with van der Waals surface area (Å²) >= 11 is 3.01. The van der Waals surface area contributed by atoms with Crippen molar-refractivity contribution in [1.29, 1.82) is 0 Å². The zero-order chi connectivity index (χ0) is 13.3. The van der Waals surface area contributed by atoms with E-state index in [0.29, 0.717) is 4.47 Å². The van der Waals surface area contributed by atoms with E-state index in [-0.39, 0.29) is 5.56 Å². The second-order valence-electron chi connectivity index (χ2n) is 3.58. The van der Waals surface area contributed by atoms with E-state index in [4.69, 9.17) is 0 Å². The summed E-state index contributed by atoms with van der Waals surface area (Å²) in [6.45, 7) is 0. The van der Waals surface area contributed by atoms with Gasteiger partial charge in [0.2, 0.25) is 0 Å². The summed E-state index contributed by atoms with van der Waals surface area (Å²) in [5.74, 6) is -3.50. The van der Waals surface area contributed by atoms with Crippen LogP contribution in [0, 0.1) is 17.5 Å². The summed E-state index contributed by atoms with van der Waals surface area (Å²) in [6.07, 6.45) is 0. The summed E-state index contributed by atoms with van der Waals surface area (Å²) < 4.78 is 40.3. The van der Waals surface area contributed by atoms with Gasteiger partial charge in [0.15, 0.2) is 5.78 Å². The van der Waals surface area contributed by atoms with Crippen LogP contribution in [0.5, 0.6) is 0 Å². The lowest BCUT2D eigenvalue weighted by atomic mass is 10.0. The molecule has 2 aromatic carbocycles. The van der Waals surface area contributed by atoms with Gasteiger partial charge in [0.1, 0.15) is 17.5 Å². The molecule has 5 heteroatoms. The van der Waals surface area contributed by atoms with Crippen molar-refractivity contribution in [2.45, 2.75) is 0 Å². The highest BCUT2D eigenvalue weighted by Crippen LogP contribution is 2.21. The fraction of sp³-hybridized carbons (Fsp3) is 0. The van der Waals surface area contributed by atoms with E-state index in [2.05, 4.69) is 15.9 Å². The second kappa shape index (κ2) is 4.94. The highest BCUT2D eigenvalue weighted by atomic mass is 79.9. The lowest BCUT2D eigenvalue weighted by Crippen LogP contribution is -2.07. The molecule has 0 aliphatic heterocycles. The molecule has 0 aliphatic carbocycles. The smallest absolute Gasteiger partial charge is 0.199 e. The Morgan fingerprint density at radius 3 is 2.17 bits per heavy atom. The normalized spacial score (nSPS) is 10.4. The Morgan fingerprint density at radius 1 is 1.00 bits per heavy atom. The van der Waals surface area contributed by atoms with E-state index in [9.17, 15) is 18.0 Å². The minimum absolute atomic E-state index is 0.120. The average molecular weight is 315 g/mol. The Hall–Kier alpha value is -1.62. The van der Waals surface area contributed by atoms with Gasteiger partial charge in [0, 0.05) is 10.0 Å². The van der Waals surface area contributed by atoms with Crippen molar-refractivity contribution in [3.63, 3.8) is 0 Å². The monoisotopic (exact) mass is 314 g/mol. The summed E-state index contributed by atoms with van der Waals surface area (Å²) in [6, 6.07) is 6.49. The number of hydrogen-bond acceptors (Lipinski definition) is 1. The first-order chi connectivity index (χ1) is 8.49. The average Bonchev–Trinajstić information content (AvgIpc) is 2.27. The van der Waals surface area contributed by atoms with Gasteiger partial charge in [0.05, 0.1) is 5.56 Å². The fourth-order valence-corrected chi connectivity index (χ4v) is 2.01. The minimum atomic E-state index is -0.972. The number of hydrogen-bond donors (Lipinski definition) is 0. The number of benzene rings is 2. The molecule has 0 bridgehead atoms. The number of halogens is 4. The van der Waals surface area contributed by atoms with Crippen molar-refractivity contribution >= 4 is 21.7 Å². The summed E-state index contributed by atoms with van der Waals surface area (Å²) in [5.41, 5.74) is -0.805. The molecule has 0 spiro atoms. The van der Waals surface area contributed by atoms with Gasteiger partial charge in [-0.3, -0.25) is 4.79 Å². The molecular weight excluding hydrogens is 309 g/mol. The van der Waals surface area contributed by atoms with Crippen molar-refractivity contribution in [2.75, 3.05) is 0 Å². The molecule has 18 heavy (non-hydrogen) atoms. The van der Waals surface area contributed by atoms with E-state index >= 15 is 0 Å². The maximum Gasteiger partial charge on any atom is 0.199 e. The van der Waals surface area contributed by atoms with Gasteiger partial charge in [-0.05, 0) is 30.3 Å². The molecule has 0 saturated carbocycles. The van der Waals surface area contributed by atoms with Crippen LogP contribution in [0.25, 0.3) is 0 Å². The Labute approximate surface area is 109 Å². The van der Waals surface area contributed by atoms with E-state index in [0.717, 1.165) is 30.3 Å². The molecule has 0 atom stereocenters. The van der Waals surface area contributed by atoms with E-state index in [1.165, 1.54) is 6.07 Å². The van der Waals surface area contributed by atoms with Crippen molar-refractivity contribution in [3.8, 4) is 0 Å². The van der Waals surface area contributed by atoms with Crippen LogP contribution in [-0.4, -0.2) is 5.78 Å². The molecule has 0 heterocycles. The predicted octanol–water partition coefficient (Wildman–Crippen LogP) is 4.10. The Morgan fingerprint density at radius 2 is 1.61 bits per heavy atom. The number of ketones is 1. The molecule has 0 amide bonds. The molecule has 2 rings (SSSR count). The number of carbonyl (C=O) groups is 1. The Kier molecular flexibility index (Phi) is 3.52. The van der Waals surface area contributed by atoms with Gasteiger partial charge in [-0.25, -0.2) is 13.2 Å². The highest BCUT2D eigenvalue weighted by Gasteiger charge is 2.19. The van der Waals surface area contributed by atoms with Gasteiger partial charge in [-0.2, -0.15) is 0 Å².